The molecule has 4 atom stereocenters. The fourth-order valence-electron chi connectivity index (χ4n) is 8.66. The third kappa shape index (κ3) is 3.46. The van der Waals surface area contributed by atoms with Gasteiger partial charge in [-0.25, -0.2) is 0 Å². The second kappa shape index (κ2) is 8.54. The third-order valence-electron chi connectivity index (χ3n) is 10.4. The van der Waals surface area contributed by atoms with Crippen LogP contribution in [0.3, 0.4) is 0 Å². The van der Waals surface area contributed by atoms with Crippen LogP contribution in [0.2, 0.25) is 5.32 Å². The molecule has 188 valence electrons. The molecule has 7 rings (SSSR count). The number of rotatable bonds is 4. The molecule has 6 aliphatic rings. The van der Waals surface area contributed by atoms with Crippen LogP contribution in [-0.4, -0.2) is 53.0 Å². The Kier molecular flexibility index (Phi) is 5.66. The van der Waals surface area contributed by atoms with Gasteiger partial charge in [-0.05, 0) is 0 Å². The number of allylic oxidation sites excluding steroid dienone is 3. The van der Waals surface area contributed by atoms with Crippen LogP contribution in [0.1, 0.15) is 58.3 Å². The summed E-state index contributed by atoms with van der Waals surface area (Å²) in [5, 5.41) is 1.28. The molecule has 2 saturated heterocycles. The van der Waals surface area contributed by atoms with E-state index in [0.717, 1.165) is 65.0 Å². The first-order valence-electron chi connectivity index (χ1n) is 13.7. The van der Waals surface area contributed by atoms with Gasteiger partial charge in [0.1, 0.15) is 0 Å². The molecule has 4 fully saturated rings. The first-order chi connectivity index (χ1) is 17.1. The molecule has 2 heterocycles. The normalized spacial score (nSPS) is 38.7. The molecule has 0 N–H and O–H groups in total. The molecule has 5 heteroatoms. The minimum atomic E-state index is -0.362. The molecule has 2 spiro atoms. The van der Waals surface area contributed by atoms with E-state index in [-0.39, 0.29) is 22.4 Å². The van der Waals surface area contributed by atoms with Crippen LogP contribution >= 0.6 is 0 Å². The van der Waals surface area contributed by atoms with Crippen LogP contribution in [0.25, 0.3) is 0 Å². The Morgan fingerprint density at radius 2 is 1.69 bits per heavy atom. The van der Waals surface area contributed by atoms with Crippen LogP contribution < -0.4 is 4.46 Å². The van der Waals surface area contributed by atoms with Crippen LogP contribution in [0, 0.1) is 22.7 Å². The fraction of sp³-hybridized carbons (Fsp3) is 0.667. The van der Waals surface area contributed by atoms with E-state index >= 15 is 0 Å². The quantitative estimate of drug-likeness (QED) is 0.389. The molecule has 0 bridgehead atoms. The number of fused-ring (bicyclic) bond motifs is 6. The molecule has 1 aromatic carbocycles. The van der Waals surface area contributed by atoms with E-state index in [9.17, 15) is 0 Å². The van der Waals surface area contributed by atoms with Crippen molar-refractivity contribution in [2.24, 2.45) is 22.7 Å². The SMILES string of the molecule is C[C@]12CC=C3[C@@H](CC=C4CC5(CC[C@@]43CC[Se]c3ccccc3)OCCO5)[C@@H]1CCC21OCCO1. The first-order valence-corrected chi connectivity index (χ1v) is 15.8. The Balaban J connectivity index is 1.22. The van der Waals surface area contributed by atoms with Crippen molar-refractivity contribution in [2.75, 3.05) is 26.4 Å². The van der Waals surface area contributed by atoms with Crippen LogP contribution in [-0.2, 0) is 18.9 Å². The van der Waals surface area contributed by atoms with Crippen molar-refractivity contribution >= 4 is 19.4 Å². The molecule has 0 radical (unpaired) electrons. The predicted molar refractivity (Wildman–Crippen MR) is 137 cm³/mol. The summed E-state index contributed by atoms with van der Waals surface area (Å²) in [6.45, 7) is 5.45. The van der Waals surface area contributed by atoms with Crippen molar-refractivity contribution in [3.8, 4) is 0 Å². The van der Waals surface area contributed by atoms with Crippen molar-refractivity contribution in [3.05, 3.63) is 53.6 Å². The summed E-state index contributed by atoms with van der Waals surface area (Å²) in [4.78, 5) is 0. The molecule has 0 aromatic heterocycles. The number of benzene rings is 1. The fourth-order valence-corrected chi connectivity index (χ4v) is 10.8. The van der Waals surface area contributed by atoms with Gasteiger partial charge in [0.05, 0.1) is 0 Å². The van der Waals surface area contributed by atoms with Crippen molar-refractivity contribution in [2.45, 2.75) is 75.2 Å². The van der Waals surface area contributed by atoms with Crippen molar-refractivity contribution in [3.63, 3.8) is 0 Å². The Morgan fingerprint density at radius 1 is 0.914 bits per heavy atom. The Morgan fingerprint density at radius 3 is 2.49 bits per heavy atom. The van der Waals surface area contributed by atoms with Gasteiger partial charge < -0.3 is 0 Å². The Bertz CT molecular complexity index is 1020. The number of ether oxygens (including phenoxy) is 4. The molecular formula is C30H38O4Se. The summed E-state index contributed by atoms with van der Waals surface area (Å²) < 4.78 is 26.7. The van der Waals surface area contributed by atoms with Crippen LogP contribution in [0.15, 0.2) is 53.6 Å². The van der Waals surface area contributed by atoms with E-state index in [1.807, 2.05) is 0 Å². The zero-order chi connectivity index (χ0) is 23.6. The van der Waals surface area contributed by atoms with E-state index in [0.29, 0.717) is 26.8 Å². The van der Waals surface area contributed by atoms with Crippen LogP contribution in [0.4, 0.5) is 0 Å². The second-order valence-electron chi connectivity index (χ2n) is 11.7. The third-order valence-corrected chi connectivity index (χ3v) is 12.5. The van der Waals surface area contributed by atoms with E-state index in [1.54, 1.807) is 11.1 Å². The predicted octanol–water partition coefficient (Wildman–Crippen LogP) is 5.17. The summed E-state index contributed by atoms with van der Waals surface area (Å²) in [5.41, 5.74) is 3.64. The standard InChI is InChI=1S/C30H38O4Se/c1-27-11-9-26-24(25(27)10-12-30(27)33-18-19-34-30)8-7-22-21-29(31-16-17-32-29)14-13-28(22,26)15-20-35-23-5-3-2-4-6-23/h2-7,9,24-25H,8,10-21H2,1H3/t24-,25-,27-,28+/m0/s1. The van der Waals surface area contributed by atoms with Gasteiger partial charge in [0.2, 0.25) is 0 Å². The van der Waals surface area contributed by atoms with Gasteiger partial charge in [-0.15, -0.1) is 0 Å². The summed E-state index contributed by atoms with van der Waals surface area (Å²) >= 11 is 0.510. The Labute approximate surface area is 216 Å². The molecule has 4 aliphatic carbocycles. The molecule has 0 unspecified atom stereocenters. The summed E-state index contributed by atoms with van der Waals surface area (Å²) in [5.74, 6) is 0.549. The molecule has 4 nitrogen and oxygen atoms in total. The summed E-state index contributed by atoms with van der Waals surface area (Å²) in [6, 6.07) is 11.1. The molecule has 0 amide bonds. The molecule has 2 saturated carbocycles. The molecular weight excluding hydrogens is 503 g/mol. The minimum absolute atomic E-state index is 0.0890. The number of hydrogen-bond acceptors (Lipinski definition) is 4. The van der Waals surface area contributed by atoms with Crippen molar-refractivity contribution < 1.29 is 18.9 Å². The zero-order valence-electron chi connectivity index (χ0n) is 20.9. The van der Waals surface area contributed by atoms with Crippen LogP contribution in [0.5, 0.6) is 0 Å². The van der Waals surface area contributed by atoms with Gasteiger partial charge >= 0.3 is 216 Å². The van der Waals surface area contributed by atoms with Gasteiger partial charge in [-0.1, -0.05) is 0 Å². The molecule has 1 aromatic rings. The average Bonchev–Trinajstić information content (AvgIpc) is 3.61. The van der Waals surface area contributed by atoms with E-state index in [4.69, 9.17) is 18.9 Å². The average molecular weight is 542 g/mol. The maximum atomic E-state index is 6.37. The van der Waals surface area contributed by atoms with Gasteiger partial charge in [0.25, 0.3) is 0 Å². The van der Waals surface area contributed by atoms with Gasteiger partial charge in [-0.2, -0.15) is 0 Å². The van der Waals surface area contributed by atoms with Crippen molar-refractivity contribution in [1.29, 1.82) is 0 Å². The van der Waals surface area contributed by atoms with Crippen molar-refractivity contribution in [1.82, 2.24) is 0 Å². The molecule has 35 heavy (non-hydrogen) atoms. The maximum absolute atomic E-state index is 6.37. The summed E-state index contributed by atoms with van der Waals surface area (Å²) in [6.07, 6.45) is 14.2. The summed E-state index contributed by atoms with van der Waals surface area (Å²) in [7, 11) is 0. The number of hydrogen-bond donors (Lipinski definition) is 0. The van der Waals surface area contributed by atoms with E-state index in [1.165, 1.54) is 22.6 Å². The van der Waals surface area contributed by atoms with E-state index < -0.39 is 0 Å². The Hall–Kier alpha value is -0.941. The molecule has 2 aliphatic heterocycles. The van der Waals surface area contributed by atoms with Gasteiger partial charge in [-0.3, -0.25) is 0 Å². The van der Waals surface area contributed by atoms with Gasteiger partial charge in [0, 0.05) is 0 Å². The first kappa shape index (κ1) is 23.2. The second-order valence-corrected chi connectivity index (χ2v) is 14.2. The topological polar surface area (TPSA) is 36.9 Å². The van der Waals surface area contributed by atoms with Gasteiger partial charge in [0.15, 0.2) is 0 Å². The monoisotopic (exact) mass is 542 g/mol. The zero-order valence-corrected chi connectivity index (χ0v) is 22.6. The van der Waals surface area contributed by atoms with E-state index in [2.05, 4.69) is 49.4 Å².